The second kappa shape index (κ2) is 5.96. The molecular weight excluding hydrogens is 260 g/mol. The van der Waals surface area contributed by atoms with Gasteiger partial charge in [-0.3, -0.25) is 0 Å². The molecule has 0 radical (unpaired) electrons. The summed E-state index contributed by atoms with van der Waals surface area (Å²) in [5.74, 6) is 0.765. The molecule has 3 nitrogen and oxygen atoms in total. The molecule has 1 N–H and O–H groups in total. The molecule has 1 aromatic heterocycles. The molecule has 0 saturated heterocycles. The maximum Gasteiger partial charge on any atom is 0.213 e. The molecule has 1 aliphatic rings. The third-order valence-electron chi connectivity index (χ3n) is 3.90. The van der Waals surface area contributed by atoms with Crippen molar-refractivity contribution in [3.05, 3.63) is 23.9 Å². The van der Waals surface area contributed by atoms with Gasteiger partial charge in [0.05, 0.1) is 0 Å². The van der Waals surface area contributed by atoms with E-state index in [1.54, 1.807) is 0 Å². The van der Waals surface area contributed by atoms with Gasteiger partial charge in [-0.1, -0.05) is 41.5 Å². The van der Waals surface area contributed by atoms with Gasteiger partial charge < -0.3 is 10.1 Å². The highest BCUT2D eigenvalue weighted by Gasteiger charge is 2.31. The first-order valence-corrected chi connectivity index (χ1v) is 8.00. The Balaban J connectivity index is 1.80. The Bertz CT molecular complexity index is 465. The van der Waals surface area contributed by atoms with Crippen LogP contribution in [0.4, 0.5) is 0 Å². The molecule has 118 valence electrons. The number of ether oxygens (including phenoxy) is 1. The standard InChI is InChI=1S/C18H30N2O/c1-17(2,3)12-20-14-10-15(11-14)21-16-9-13(7-8-19-16)18(4,5)6/h7-9,14-15,20H,10-12H2,1-6H3. The van der Waals surface area contributed by atoms with Crippen LogP contribution in [0.15, 0.2) is 18.3 Å². The van der Waals surface area contributed by atoms with Gasteiger partial charge in [-0.05, 0) is 35.3 Å². The molecule has 2 rings (SSSR count). The van der Waals surface area contributed by atoms with Crippen LogP contribution in [0.2, 0.25) is 0 Å². The molecule has 3 heteroatoms. The Hall–Kier alpha value is -1.09. The Morgan fingerprint density at radius 2 is 1.86 bits per heavy atom. The van der Waals surface area contributed by atoms with Crippen molar-refractivity contribution in [1.82, 2.24) is 10.3 Å². The van der Waals surface area contributed by atoms with Crippen molar-refractivity contribution in [3.63, 3.8) is 0 Å². The van der Waals surface area contributed by atoms with E-state index in [1.807, 2.05) is 6.20 Å². The minimum absolute atomic E-state index is 0.136. The molecule has 0 atom stereocenters. The van der Waals surface area contributed by atoms with Crippen LogP contribution in [0, 0.1) is 5.41 Å². The van der Waals surface area contributed by atoms with Crippen LogP contribution >= 0.6 is 0 Å². The smallest absolute Gasteiger partial charge is 0.213 e. The molecular formula is C18H30N2O. The van der Waals surface area contributed by atoms with Crippen molar-refractivity contribution >= 4 is 0 Å². The van der Waals surface area contributed by atoms with Crippen LogP contribution in [0.3, 0.4) is 0 Å². The van der Waals surface area contributed by atoms with Crippen LogP contribution in [-0.4, -0.2) is 23.7 Å². The Labute approximate surface area is 129 Å². The van der Waals surface area contributed by atoms with Gasteiger partial charge in [-0.15, -0.1) is 0 Å². The summed E-state index contributed by atoms with van der Waals surface area (Å²) in [6.07, 6.45) is 4.32. The quantitative estimate of drug-likeness (QED) is 0.912. The molecule has 0 aromatic carbocycles. The molecule has 0 unspecified atom stereocenters. The molecule has 0 spiro atoms. The lowest BCUT2D eigenvalue weighted by Crippen LogP contribution is -2.49. The predicted molar refractivity (Wildman–Crippen MR) is 87.8 cm³/mol. The molecule has 21 heavy (non-hydrogen) atoms. The second-order valence-electron chi connectivity index (χ2n) is 8.48. The number of rotatable bonds is 4. The van der Waals surface area contributed by atoms with Gasteiger partial charge in [-0.2, -0.15) is 0 Å². The van der Waals surface area contributed by atoms with E-state index in [1.165, 1.54) is 5.56 Å². The summed E-state index contributed by atoms with van der Waals surface area (Å²) < 4.78 is 6.00. The van der Waals surface area contributed by atoms with Crippen LogP contribution in [0.1, 0.15) is 59.9 Å². The molecule has 0 amide bonds. The minimum atomic E-state index is 0.136. The highest BCUT2D eigenvalue weighted by Crippen LogP contribution is 2.28. The van der Waals surface area contributed by atoms with E-state index in [9.17, 15) is 0 Å². The summed E-state index contributed by atoms with van der Waals surface area (Å²) >= 11 is 0. The lowest BCUT2D eigenvalue weighted by atomic mass is 9.87. The largest absolute Gasteiger partial charge is 0.474 e. The lowest BCUT2D eigenvalue weighted by molar-refractivity contribution is 0.0763. The fourth-order valence-electron chi connectivity index (χ4n) is 2.39. The first-order valence-electron chi connectivity index (χ1n) is 8.00. The van der Waals surface area contributed by atoms with Crippen molar-refractivity contribution in [2.45, 2.75) is 71.9 Å². The zero-order chi connectivity index (χ0) is 15.7. The molecule has 0 aliphatic heterocycles. The van der Waals surface area contributed by atoms with Crippen molar-refractivity contribution in [2.24, 2.45) is 5.41 Å². The van der Waals surface area contributed by atoms with Gasteiger partial charge in [0.2, 0.25) is 5.88 Å². The lowest BCUT2D eigenvalue weighted by Gasteiger charge is -2.37. The highest BCUT2D eigenvalue weighted by atomic mass is 16.5. The molecule has 1 aromatic rings. The molecule has 1 aliphatic carbocycles. The van der Waals surface area contributed by atoms with Gasteiger partial charge in [0.15, 0.2) is 0 Å². The van der Waals surface area contributed by atoms with Crippen molar-refractivity contribution in [1.29, 1.82) is 0 Å². The number of aromatic nitrogens is 1. The van der Waals surface area contributed by atoms with E-state index in [-0.39, 0.29) is 5.41 Å². The molecule has 0 bridgehead atoms. The van der Waals surface area contributed by atoms with Crippen LogP contribution < -0.4 is 10.1 Å². The maximum atomic E-state index is 6.00. The van der Waals surface area contributed by atoms with Crippen molar-refractivity contribution in [2.75, 3.05) is 6.54 Å². The van der Waals surface area contributed by atoms with E-state index in [4.69, 9.17) is 4.74 Å². The number of hydrogen-bond acceptors (Lipinski definition) is 3. The monoisotopic (exact) mass is 290 g/mol. The third-order valence-corrected chi connectivity index (χ3v) is 3.90. The Morgan fingerprint density at radius 1 is 1.19 bits per heavy atom. The Morgan fingerprint density at radius 3 is 2.43 bits per heavy atom. The molecule has 1 heterocycles. The zero-order valence-electron chi connectivity index (χ0n) is 14.4. The maximum absolute atomic E-state index is 6.00. The average Bonchev–Trinajstić information content (AvgIpc) is 2.30. The van der Waals surface area contributed by atoms with Crippen molar-refractivity contribution in [3.8, 4) is 5.88 Å². The van der Waals surface area contributed by atoms with Crippen LogP contribution in [-0.2, 0) is 5.41 Å². The molecule has 1 saturated carbocycles. The summed E-state index contributed by atoms with van der Waals surface area (Å²) in [5.41, 5.74) is 1.75. The summed E-state index contributed by atoms with van der Waals surface area (Å²) in [6, 6.07) is 4.75. The molecule has 1 fully saturated rings. The summed E-state index contributed by atoms with van der Waals surface area (Å²) in [4.78, 5) is 4.34. The SMILES string of the molecule is CC(C)(C)CNC1CC(Oc2cc(C(C)(C)C)ccn2)C1. The Kier molecular flexibility index (Phi) is 4.62. The third kappa shape index (κ3) is 4.99. The zero-order valence-corrected chi connectivity index (χ0v) is 14.4. The average molecular weight is 290 g/mol. The normalized spacial score (nSPS) is 22.8. The number of nitrogens with one attached hydrogen (secondary N) is 1. The fraction of sp³-hybridized carbons (Fsp3) is 0.722. The van der Waals surface area contributed by atoms with Crippen molar-refractivity contribution < 1.29 is 4.74 Å². The van der Waals surface area contributed by atoms with E-state index in [0.29, 0.717) is 17.6 Å². The van der Waals surface area contributed by atoms with Gasteiger partial charge in [0.1, 0.15) is 6.10 Å². The second-order valence-corrected chi connectivity index (χ2v) is 8.48. The van der Waals surface area contributed by atoms with Gasteiger partial charge in [-0.25, -0.2) is 4.98 Å². The first kappa shape index (κ1) is 16.3. The fourth-order valence-corrected chi connectivity index (χ4v) is 2.39. The van der Waals surface area contributed by atoms with E-state index in [2.05, 4.69) is 64.0 Å². The van der Waals surface area contributed by atoms with Gasteiger partial charge >= 0.3 is 0 Å². The number of pyridine rings is 1. The van der Waals surface area contributed by atoms with E-state index >= 15 is 0 Å². The summed E-state index contributed by atoms with van der Waals surface area (Å²) in [6.45, 7) is 14.5. The minimum Gasteiger partial charge on any atom is -0.474 e. The van der Waals surface area contributed by atoms with E-state index in [0.717, 1.165) is 25.3 Å². The van der Waals surface area contributed by atoms with E-state index < -0.39 is 0 Å². The van der Waals surface area contributed by atoms with Crippen LogP contribution in [0.5, 0.6) is 5.88 Å². The number of hydrogen-bond donors (Lipinski definition) is 1. The predicted octanol–water partition coefficient (Wildman–Crippen LogP) is 3.92. The van der Waals surface area contributed by atoms with Gasteiger partial charge in [0.25, 0.3) is 0 Å². The summed E-state index contributed by atoms with van der Waals surface area (Å²) in [7, 11) is 0. The highest BCUT2D eigenvalue weighted by molar-refractivity contribution is 5.26. The first-order chi connectivity index (χ1) is 9.63. The summed E-state index contributed by atoms with van der Waals surface area (Å²) in [5, 5.41) is 3.61. The van der Waals surface area contributed by atoms with Gasteiger partial charge in [0, 0.05) is 24.8 Å². The number of nitrogens with zero attached hydrogens (tertiary/aromatic N) is 1. The topological polar surface area (TPSA) is 34.1 Å². The van der Waals surface area contributed by atoms with Crippen LogP contribution in [0.25, 0.3) is 0 Å².